The highest BCUT2D eigenvalue weighted by atomic mass is 32.2. The molecule has 1 atom stereocenters. The van der Waals surface area contributed by atoms with Crippen LogP contribution in [0.2, 0.25) is 0 Å². The molecular formula is C17H20N4OS. The highest BCUT2D eigenvalue weighted by molar-refractivity contribution is 7.99. The van der Waals surface area contributed by atoms with Gasteiger partial charge in [0.25, 0.3) is 0 Å². The number of anilines is 2. The van der Waals surface area contributed by atoms with E-state index in [0.29, 0.717) is 16.7 Å². The fourth-order valence-corrected chi connectivity index (χ4v) is 3.66. The molecule has 0 saturated heterocycles. The summed E-state index contributed by atoms with van der Waals surface area (Å²) in [5.41, 5.74) is 8.81. The van der Waals surface area contributed by atoms with Crippen molar-refractivity contribution in [3.05, 3.63) is 41.6 Å². The molecule has 2 N–H and O–H groups in total. The van der Waals surface area contributed by atoms with E-state index in [1.54, 1.807) is 6.07 Å². The summed E-state index contributed by atoms with van der Waals surface area (Å²) < 4.78 is 0. The van der Waals surface area contributed by atoms with Crippen LogP contribution < -0.4 is 10.6 Å². The first-order valence-electron chi connectivity index (χ1n) is 7.68. The van der Waals surface area contributed by atoms with Gasteiger partial charge in [-0.15, -0.1) is 0 Å². The Labute approximate surface area is 140 Å². The maximum atomic E-state index is 12.7. The van der Waals surface area contributed by atoms with Gasteiger partial charge in [0.05, 0.1) is 5.75 Å². The van der Waals surface area contributed by atoms with Crippen LogP contribution in [0.15, 0.2) is 35.5 Å². The Morgan fingerprint density at radius 1 is 1.39 bits per heavy atom. The van der Waals surface area contributed by atoms with Gasteiger partial charge in [0.15, 0.2) is 5.16 Å². The second kappa shape index (κ2) is 6.58. The Balaban J connectivity index is 1.75. The van der Waals surface area contributed by atoms with Crippen LogP contribution >= 0.6 is 11.8 Å². The lowest BCUT2D eigenvalue weighted by Crippen LogP contribution is -2.43. The molecule has 2 heterocycles. The third kappa shape index (κ3) is 3.47. The zero-order valence-electron chi connectivity index (χ0n) is 13.3. The molecule has 0 saturated carbocycles. The summed E-state index contributed by atoms with van der Waals surface area (Å²) >= 11 is 1.33. The number of rotatable bonds is 3. The Kier molecular flexibility index (Phi) is 4.52. The molecule has 5 nitrogen and oxygen atoms in total. The molecule has 1 aromatic heterocycles. The summed E-state index contributed by atoms with van der Waals surface area (Å²) in [5.74, 6) is 0.823. The van der Waals surface area contributed by atoms with Crippen LogP contribution in [-0.2, 0) is 11.2 Å². The van der Waals surface area contributed by atoms with Crippen molar-refractivity contribution in [1.29, 1.82) is 0 Å². The van der Waals surface area contributed by atoms with E-state index in [9.17, 15) is 4.79 Å². The minimum atomic E-state index is 0.0818. The lowest BCUT2D eigenvalue weighted by atomic mass is 9.97. The monoisotopic (exact) mass is 328 g/mol. The molecule has 1 aliphatic heterocycles. The first-order chi connectivity index (χ1) is 11.0. The van der Waals surface area contributed by atoms with Gasteiger partial charge in [-0.2, -0.15) is 0 Å². The molecule has 0 spiro atoms. The Bertz CT molecular complexity index is 714. The lowest BCUT2D eigenvalue weighted by Gasteiger charge is -2.35. The van der Waals surface area contributed by atoms with Crippen LogP contribution in [0.5, 0.6) is 0 Å². The van der Waals surface area contributed by atoms with E-state index in [1.807, 2.05) is 30.0 Å². The number of carbonyl (C=O) groups is 1. The number of nitrogens with zero attached hydrogens (tertiary/aromatic N) is 3. The summed E-state index contributed by atoms with van der Waals surface area (Å²) in [5, 5.41) is 0.550. The van der Waals surface area contributed by atoms with Gasteiger partial charge in [-0.1, -0.05) is 30.0 Å². The molecule has 1 amide bonds. The smallest absolute Gasteiger partial charge is 0.237 e. The van der Waals surface area contributed by atoms with Gasteiger partial charge < -0.3 is 10.6 Å². The molecule has 1 aromatic carbocycles. The molecule has 1 unspecified atom stereocenters. The van der Waals surface area contributed by atoms with E-state index < -0.39 is 0 Å². The third-order valence-electron chi connectivity index (χ3n) is 3.97. The van der Waals surface area contributed by atoms with Crippen molar-refractivity contribution in [3.8, 4) is 0 Å². The van der Waals surface area contributed by atoms with Crippen LogP contribution in [0, 0.1) is 6.92 Å². The molecule has 2 aromatic rings. The number of aromatic nitrogens is 2. The number of benzene rings is 1. The normalized spacial score (nSPS) is 17.0. The number of carbonyl (C=O) groups excluding carboxylic acids is 1. The summed E-state index contributed by atoms with van der Waals surface area (Å²) in [6.07, 6.45) is 2.01. The number of aryl methyl sites for hydroxylation is 2. The van der Waals surface area contributed by atoms with Crippen LogP contribution in [-0.4, -0.2) is 27.7 Å². The zero-order chi connectivity index (χ0) is 16.4. The van der Waals surface area contributed by atoms with Crippen LogP contribution in [0.4, 0.5) is 11.5 Å². The Hall–Kier alpha value is -2.08. The summed E-state index contributed by atoms with van der Waals surface area (Å²) in [7, 11) is 0. The van der Waals surface area contributed by atoms with Crippen LogP contribution in [0.3, 0.4) is 0 Å². The molecule has 120 valence electrons. The molecule has 3 rings (SSSR count). The second-order valence-electron chi connectivity index (χ2n) is 5.79. The first kappa shape index (κ1) is 15.8. The minimum Gasteiger partial charge on any atom is -0.384 e. The van der Waals surface area contributed by atoms with E-state index >= 15 is 0 Å². The molecule has 6 heteroatoms. The van der Waals surface area contributed by atoms with Crippen molar-refractivity contribution in [2.24, 2.45) is 0 Å². The lowest BCUT2D eigenvalue weighted by molar-refractivity contribution is -0.116. The van der Waals surface area contributed by atoms with Gasteiger partial charge >= 0.3 is 0 Å². The molecule has 0 aliphatic carbocycles. The number of hydrogen-bond donors (Lipinski definition) is 1. The van der Waals surface area contributed by atoms with Gasteiger partial charge in [-0.3, -0.25) is 4.79 Å². The van der Waals surface area contributed by atoms with Crippen molar-refractivity contribution in [1.82, 2.24) is 9.97 Å². The zero-order valence-corrected chi connectivity index (χ0v) is 14.1. The topological polar surface area (TPSA) is 72.1 Å². The van der Waals surface area contributed by atoms with Gasteiger partial charge in [-0.05, 0) is 38.3 Å². The van der Waals surface area contributed by atoms with Crippen LogP contribution in [0.25, 0.3) is 0 Å². The maximum Gasteiger partial charge on any atom is 0.237 e. The van der Waals surface area contributed by atoms with Crippen molar-refractivity contribution in [2.75, 3.05) is 16.4 Å². The number of thioether (sulfide) groups is 1. The second-order valence-corrected chi connectivity index (χ2v) is 6.73. The molecule has 0 fully saturated rings. The fourth-order valence-electron chi connectivity index (χ4n) is 2.89. The molecule has 1 aliphatic rings. The molecule has 0 radical (unpaired) electrons. The molecule has 0 bridgehead atoms. The van der Waals surface area contributed by atoms with Crippen molar-refractivity contribution in [3.63, 3.8) is 0 Å². The van der Waals surface area contributed by atoms with Gasteiger partial charge in [0, 0.05) is 23.5 Å². The van der Waals surface area contributed by atoms with E-state index in [1.165, 1.54) is 17.3 Å². The SMILES string of the molecule is Cc1cc(N)nc(SCC(=O)N2c3ccccc3CCC2C)n1. The van der Waals surface area contributed by atoms with E-state index in [-0.39, 0.29) is 11.9 Å². The van der Waals surface area contributed by atoms with Crippen LogP contribution in [0.1, 0.15) is 24.6 Å². The number of fused-ring (bicyclic) bond motifs is 1. The number of nitrogens with two attached hydrogens (primary N) is 1. The average molecular weight is 328 g/mol. The predicted octanol–water partition coefficient (Wildman–Crippen LogP) is 2.83. The minimum absolute atomic E-state index is 0.0818. The van der Waals surface area contributed by atoms with E-state index in [0.717, 1.165) is 24.2 Å². The maximum absolute atomic E-state index is 12.7. The van der Waals surface area contributed by atoms with Gasteiger partial charge in [0.2, 0.25) is 5.91 Å². The third-order valence-corrected chi connectivity index (χ3v) is 4.80. The summed E-state index contributed by atoms with van der Waals surface area (Å²) in [6.45, 7) is 3.96. The Morgan fingerprint density at radius 3 is 2.96 bits per heavy atom. The summed E-state index contributed by atoms with van der Waals surface area (Å²) in [6, 6.07) is 10.0. The van der Waals surface area contributed by atoms with Gasteiger partial charge in [-0.25, -0.2) is 9.97 Å². The highest BCUT2D eigenvalue weighted by Gasteiger charge is 2.27. The number of amides is 1. The quantitative estimate of drug-likeness (QED) is 0.693. The van der Waals surface area contributed by atoms with E-state index in [2.05, 4.69) is 23.0 Å². The number of para-hydroxylation sites is 1. The largest absolute Gasteiger partial charge is 0.384 e. The summed E-state index contributed by atoms with van der Waals surface area (Å²) in [4.78, 5) is 23.1. The average Bonchev–Trinajstić information content (AvgIpc) is 2.51. The predicted molar refractivity (Wildman–Crippen MR) is 93.6 cm³/mol. The van der Waals surface area contributed by atoms with Gasteiger partial charge in [0.1, 0.15) is 5.82 Å². The van der Waals surface area contributed by atoms with Crippen molar-refractivity contribution < 1.29 is 4.79 Å². The van der Waals surface area contributed by atoms with Crippen molar-refractivity contribution >= 4 is 29.2 Å². The van der Waals surface area contributed by atoms with E-state index in [4.69, 9.17) is 5.73 Å². The number of hydrogen-bond acceptors (Lipinski definition) is 5. The Morgan fingerprint density at radius 2 is 2.17 bits per heavy atom. The highest BCUT2D eigenvalue weighted by Crippen LogP contribution is 2.31. The number of nitrogen functional groups attached to an aromatic ring is 1. The first-order valence-corrected chi connectivity index (χ1v) is 8.67. The fraction of sp³-hybridized carbons (Fsp3) is 0.353. The molecular weight excluding hydrogens is 308 g/mol. The molecule has 23 heavy (non-hydrogen) atoms. The standard InChI is InChI=1S/C17H20N4OS/c1-11-9-15(18)20-17(19-11)23-10-16(22)21-12(2)7-8-13-5-3-4-6-14(13)21/h3-6,9,12H,7-8,10H2,1-2H3,(H2,18,19,20). The van der Waals surface area contributed by atoms with Crippen molar-refractivity contribution in [2.45, 2.75) is 37.9 Å².